The summed E-state index contributed by atoms with van der Waals surface area (Å²) in [5.41, 5.74) is 1.89. The van der Waals surface area contributed by atoms with E-state index >= 15 is 0 Å². The van der Waals surface area contributed by atoms with Crippen LogP contribution in [0.4, 0.5) is 0 Å². The smallest absolute Gasteiger partial charge is 0.0950 e. The fraction of sp³-hybridized carbons (Fsp3) is 0.600. The summed E-state index contributed by atoms with van der Waals surface area (Å²) in [6.45, 7) is 5.25. The van der Waals surface area contributed by atoms with Crippen molar-refractivity contribution >= 4 is 0 Å². The van der Waals surface area contributed by atoms with Gasteiger partial charge in [0.2, 0.25) is 0 Å². The highest BCUT2D eigenvalue weighted by Gasteiger charge is 2.12. The van der Waals surface area contributed by atoms with Crippen molar-refractivity contribution in [2.24, 2.45) is 0 Å². The van der Waals surface area contributed by atoms with E-state index in [-0.39, 0.29) is 0 Å². The van der Waals surface area contributed by atoms with Crippen LogP contribution in [0.1, 0.15) is 50.1 Å². The lowest BCUT2D eigenvalue weighted by molar-refractivity contribution is 0.185. The van der Waals surface area contributed by atoms with Crippen LogP contribution in [0.5, 0.6) is 0 Å². The minimum Gasteiger partial charge on any atom is -0.387 e. The van der Waals surface area contributed by atoms with Gasteiger partial charge >= 0.3 is 0 Å². The molecule has 0 aliphatic rings. The minimum atomic E-state index is -0.615. The lowest BCUT2D eigenvalue weighted by atomic mass is 10.1. The summed E-state index contributed by atoms with van der Waals surface area (Å²) in [7, 11) is 0. The first kappa shape index (κ1) is 11.1. The lowest BCUT2D eigenvalue weighted by Gasteiger charge is -2.11. The summed E-state index contributed by atoms with van der Waals surface area (Å²) in [5.74, 6) is 0. The number of hydrogen-bond donors (Lipinski definition) is 2. The van der Waals surface area contributed by atoms with E-state index in [2.05, 4.69) is 9.97 Å². The van der Waals surface area contributed by atoms with Gasteiger partial charge in [-0.15, -0.1) is 0 Å². The third kappa shape index (κ3) is 2.27. The van der Waals surface area contributed by atoms with Crippen LogP contribution in [0.25, 0.3) is 0 Å². The van der Waals surface area contributed by atoms with E-state index in [9.17, 15) is 10.2 Å². The highest BCUT2D eigenvalue weighted by Crippen LogP contribution is 2.16. The molecule has 0 saturated carbocycles. The second-order valence-corrected chi connectivity index (χ2v) is 3.33. The maximum absolute atomic E-state index is 9.40. The van der Waals surface area contributed by atoms with Crippen LogP contribution >= 0.6 is 0 Å². The molecule has 0 spiro atoms. The van der Waals surface area contributed by atoms with Crippen molar-refractivity contribution in [1.29, 1.82) is 0 Å². The number of aliphatic hydroxyl groups excluding tert-OH is 2. The molecule has 1 heterocycles. The van der Waals surface area contributed by atoms with Gasteiger partial charge in [-0.25, -0.2) is 0 Å². The van der Waals surface area contributed by atoms with E-state index in [0.29, 0.717) is 17.8 Å². The van der Waals surface area contributed by atoms with Crippen molar-refractivity contribution in [2.75, 3.05) is 0 Å². The van der Waals surface area contributed by atoms with Crippen molar-refractivity contribution in [1.82, 2.24) is 9.97 Å². The fourth-order valence-electron chi connectivity index (χ4n) is 1.26. The zero-order chi connectivity index (χ0) is 10.7. The van der Waals surface area contributed by atoms with Crippen molar-refractivity contribution in [2.45, 2.75) is 39.4 Å². The SMILES string of the molecule is CCc1nc(C(C)O)cnc1C(C)O. The Hall–Kier alpha value is -1.00. The zero-order valence-electron chi connectivity index (χ0n) is 8.73. The van der Waals surface area contributed by atoms with Crippen molar-refractivity contribution in [3.63, 3.8) is 0 Å². The molecule has 14 heavy (non-hydrogen) atoms. The van der Waals surface area contributed by atoms with Crippen LogP contribution in [0.2, 0.25) is 0 Å². The third-order valence-electron chi connectivity index (χ3n) is 2.05. The van der Waals surface area contributed by atoms with Gasteiger partial charge in [-0.3, -0.25) is 9.97 Å². The number of rotatable bonds is 3. The molecule has 0 fully saturated rings. The van der Waals surface area contributed by atoms with E-state index in [0.717, 1.165) is 5.69 Å². The van der Waals surface area contributed by atoms with Crippen LogP contribution in [0, 0.1) is 0 Å². The Morgan fingerprint density at radius 1 is 1.29 bits per heavy atom. The van der Waals surface area contributed by atoms with Crippen LogP contribution in [-0.4, -0.2) is 20.2 Å². The molecule has 0 saturated heterocycles. The van der Waals surface area contributed by atoms with E-state index in [4.69, 9.17) is 0 Å². The van der Waals surface area contributed by atoms with Gasteiger partial charge in [0.25, 0.3) is 0 Å². The maximum Gasteiger partial charge on any atom is 0.0950 e. The third-order valence-corrected chi connectivity index (χ3v) is 2.05. The molecule has 2 N–H and O–H groups in total. The number of aliphatic hydroxyl groups is 2. The average Bonchev–Trinajstić information content (AvgIpc) is 2.16. The van der Waals surface area contributed by atoms with Gasteiger partial charge in [-0.2, -0.15) is 0 Å². The van der Waals surface area contributed by atoms with Gasteiger partial charge in [0.15, 0.2) is 0 Å². The first-order valence-corrected chi connectivity index (χ1v) is 4.78. The Morgan fingerprint density at radius 2 is 1.93 bits per heavy atom. The summed E-state index contributed by atoms with van der Waals surface area (Å²) in [6.07, 6.45) is 0.982. The number of aromatic nitrogens is 2. The number of nitrogens with zero attached hydrogens (tertiary/aromatic N) is 2. The molecular formula is C10H16N2O2. The molecular weight excluding hydrogens is 180 g/mol. The van der Waals surface area contributed by atoms with E-state index in [1.165, 1.54) is 6.20 Å². The van der Waals surface area contributed by atoms with Crippen LogP contribution in [0.15, 0.2) is 6.20 Å². The van der Waals surface area contributed by atoms with E-state index < -0.39 is 12.2 Å². The van der Waals surface area contributed by atoms with Crippen molar-refractivity contribution < 1.29 is 10.2 Å². The summed E-state index contributed by atoms with van der Waals surface area (Å²) in [4.78, 5) is 8.34. The number of aryl methyl sites for hydroxylation is 1. The molecule has 0 aliphatic heterocycles. The predicted octanol–water partition coefficient (Wildman–Crippen LogP) is 1.15. The second-order valence-electron chi connectivity index (χ2n) is 3.33. The standard InChI is InChI=1S/C10H16N2O2/c1-4-8-10(7(3)14)11-5-9(12-8)6(2)13/h5-7,13-14H,4H2,1-3H3. The van der Waals surface area contributed by atoms with E-state index in [1.807, 2.05) is 6.92 Å². The van der Waals surface area contributed by atoms with Gasteiger partial charge in [-0.05, 0) is 20.3 Å². The van der Waals surface area contributed by atoms with Gasteiger partial charge < -0.3 is 10.2 Å². The summed E-state index contributed by atoms with van der Waals surface area (Å²) >= 11 is 0. The Balaban J connectivity index is 3.11. The van der Waals surface area contributed by atoms with Crippen LogP contribution in [0.3, 0.4) is 0 Å². The molecule has 2 atom stereocenters. The van der Waals surface area contributed by atoms with Gasteiger partial charge in [-0.1, -0.05) is 6.92 Å². The molecule has 1 aromatic rings. The molecule has 1 aromatic heterocycles. The lowest BCUT2D eigenvalue weighted by Crippen LogP contribution is -2.08. The molecule has 1 rings (SSSR count). The monoisotopic (exact) mass is 196 g/mol. The topological polar surface area (TPSA) is 66.2 Å². The zero-order valence-corrected chi connectivity index (χ0v) is 8.73. The summed E-state index contributed by atoms with van der Waals surface area (Å²) < 4.78 is 0. The molecule has 4 heteroatoms. The molecule has 0 aliphatic carbocycles. The first-order valence-electron chi connectivity index (χ1n) is 4.78. The average molecular weight is 196 g/mol. The largest absolute Gasteiger partial charge is 0.387 e. The summed E-state index contributed by atoms with van der Waals surface area (Å²) in [5, 5.41) is 18.7. The Kier molecular flexibility index (Phi) is 3.55. The molecule has 0 aromatic carbocycles. The van der Waals surface area contributed by atoms with Crippen LogP contribution in [-0.2, 0) is 6.42 Å². The maximum atomic E-state index is 9.40. The molecule has 0 radical (unpaired) electrons. The molecule has 4 nitrogen and oxygen atoms in total. The van der Waals surface area contributed by atoms with Crippen LogP contribution < -0.4 is 0 Å². The highest BCUT2D eigenvalue weighted by atomic mass is 16.3. The molecule has 0 amide bonds. The van der Waals surface area contributed by atoms with Crippen molar-refractivity contribution in [3.05, 3.63) is 23.3 Å². The van der Waals surface area contributed by atoms with Gasteiger partial charge in [0, 0.05) is 0 Å². The minimum absolute atomic E-state index is 0.547. The van der Waals surface area contributed by atoms with Gasteiger partial charge in [0.05, 0.1) is 35.5 Å². The molecule has 2 unspecified atom stereocenters. The molecule has 0 bridgehead atoms. The second kappa shape index (κ2) is 4.48. The normalized spacial score (nSPS) is 15.2. The summed E-state index contributed by atoms with van der Waals surface area (Å²) in [6, 6.07) is 0. The quantitative estimate of drug-likeness (QED) is 0.761. The van der Waals surface area contributed by atoms with Gasteiger partial charge in [0.1, 0.15) is 0 Å². The highest BCUT2D eigenvalue weighted by molar-refractivity contribution is 5.16. The predicted molar refractivity (Wildman–Crippen MR) is 52.7 cm³/mol. The first-order chi connectivity index (χ1) is 6.56. The fourth-order valence-corrected chi connectivity index (χ4v) is 1.26. The Labute approximate surface area is 83.6 Å². The molecule has 78 valence electrons. The Bertz CT molecular complexity index is 311. The Morgan fingerprint density at radius 3 is 2.36 bits per heavy atom. The van der Waals surface area contributed by atoms with Crippen molar-refractivity contribution in [3.8, 4) is 0 Å². The van der Waals surface area contributed by atoms with E-state index in [1.54, 1.807) is 13.8 Å². The number of hydrogen-bond acceptors (Lipinski definition) is 4.